The molecular formula is C15H19NO2. The van der Waals surface area contributed by atoms with E-state index in [4.69, 9.17) is 10.5 Å². The quantitative estimate of drug-likeness (QED) is 0.769. The monoisotopic (exact) mass is 245 g/mol. The number of hydrogen-bond acceptors (Lipinski definition) is 3. The Morgan fingerprint density at radius 3 is 2.56 bits per heavy atom. The Morgan fingerprint density at radius 2 is 1.89 bits per heavy atom. The second-order valence-electron chi connectivity index (χ2n) is 5.56. The smallest absolute Gasteiger partial charge is 0.337 e. The molecule has 0 radical (unpaired) electrons. The van der Waals surface area contributed by atoms with Gasteiger partial charge in [-0.2, -0.15) is 0 Å². The van der Waals surface area contributed by atoms with Gasteiger partial charge < -0.3 is 10.5 Å². The van der Waals surface area contributed by atoms with Crippen LogP contribution in [0.5, 0.6) is 0 Å². The Kier molecular flexibility index (Phi) is 2.86. The van der Waals surface area contributed by atoms with Crippen LogP contribution in [0.1, 0.15) is 34.3 Å². The van der Waals surface area contributed by atoms with Crippen molar-refractivity contribution in [1.82, 2.24) is 0 Å². The lowest BCUT2D eigenvalue weighted by Crippen LogP contribution is -2.31. The predicted molar refractivity (Wildman–Crippen MR) is 69.4 cm³/mol. The Labute approximate surface area is 107 Å². The van der Waals surface area contributed by atoms with Crippen molar-refractivity contribution < 1.29 is 9.53 Å². The van der Waals surface area contributed by atoms with Crippen LogP contribution in [-0.2, 0) is 17.6 Å². The van der Waals surface area contributed by atoms with Gasteiger partial charge in [-0.1, -0.05) is 6.07 Å². The Balaban J connectivity index is 1.96. The fourth-order valence-electron chi connectivity index (χ4n) is 3.50. The second kappa shape index (κ2) is 4.39. The highest BCUT2D eigenvalue weighted by atomic mass is 16.5. The maximum Gasteiger partial charge on any atom is 0.337 e. The van der Waals surface area contributed by atoms with E-state index < -0.39 is 0 Å². The van der Waals surface area contributed by atoms with Gasteiger partial charge in [0.1, 0.15) is 0 Å². The van der Waals surface area contributed by atoms with Gasteiger partial charge in [0.05, 0.1) is 12.7 Å². The molecule has 0 spiro atoms. The molecule has 2 bridgehead atoms. The summed E-state index contributed by atoms with van der Waals surface area (Å²) >= 11 is 0. The van der Waals surface area contributed by atoms with Crippen molar-refractivity contribution in [3.63, 3.8) is 0 Å². The van der Waals surface area contributed by atoms with Gasteiger partial charge >= 0.3 is 5.97 Å². The van der Waals surface area contributed by atoms with Gasteiger partial charge in [0, 0.05) is 6.04 Å². The van der Waals surface area contributed by atoms with E-state index in [9.17, 15) is 4.79 Å². The molecule has 3 nitrogen and oxygen atoms in total. The van der Waals surface area contributed by atoms with Gasteiger partial charge in [0.25, 0.3) is 0 Å². The van der Waals surface area contributed by atoms with Crippen LogP contribution in [0, 0.1) is 11.8 Å². The van der Waals surface area contributed by atoms with E-state index in [0.717, 1.165) is 12.8 Å². The average Bonchev–Trinajstić information content (AvgIpc) is 2.63. The molecule has 0 unspecified atom stereocenters. The van der Waals surface area contributed by atoms with Crippen molar-refractivity contribution in [2.24, 2.45) is 17.6 Å². The number of nitrogens with two attached hydrogens (primary N) is 1. The molecule has 0 heterocycles. The molecule has 0 saturated heterocycles. The summed E-state index contributed by atoms with van der Waals surface area (Å²) in [5.74, 6) is 0.959. The summed E-state index contributed by atoms with van der Waals surface area (Å²) in [5.41, 5.74) is 9.61. The van der Waals surface area contributed by atoms with Crippen LogP contribution >= 0.6 is 0 Å². The molecule has 18 heavy (non-hydrogen) atoms. The summed E-state index contributed by atoms with van der Waals surface area (Å²) in [6, 6.07) is 6.28. The lowest BCUT2D eigenvalue weighted by Gasteiger charge is -2.15. The zero-order valence-electron chi connectivity index (χ0n) is 10.7. The predicted octanol–water partition coefficient (Wildman–Crippen LogP) is 1.93. The Bertz CT molecular complexity index is 483. The third kappa shape index (κ3) is 1.83. The topological polar surface area (TPSA) is 52.3 Å². The molecule has 0 aromatic heterocycles. The molecule has 1 aromatic carbocycles. The molecule has 1 fully saturated rings. The van der Waals surface area contributed by atoms with Gasteiger partial charge in [-0.05, 0) is 60.8 Å². The Hall–Kier alpha value is -1.35. The highest BCUT2D eigenvalue weighted by molar-refractivity contribution is 5.89. The molecule has 2 N–H and O–H groups in total. The minimum Gasteiger partial charge on any atom is -0.465 e. The number of ether oxygens (including phenoxy) is 1. The third-order valence-electron chi connectivity index (χ3n) is 4.59. The van der Waals surface area contributed by atoms with E-state index in [1.54, 1.807) is 0 Å². The third-order valence-corrected chi connectivity index (χ3v) is 4.59. The van der Waals surface area contributed by atoms with Gasteiger partial charge in [-0.25, -0.2) is 4.79 Å². The molecule has 1 aromatic rings. The summed E-state index contributed by atoms with van der Waals surface area (Å²) in [4.78, 5) is 11.6. The number of methoxy groups -OCH3 is 1. The van der Waals surface area contributed by atoms with Crippen LogP contribution in [0.25, 0.3) is 0 Å². The SMILES string of the molecule is COC(=O)c1ccc2c(c1)C[C@@H]1CC[C@H](C2)[C@H]1N. The molecular weight excluding hydrogens is 226 g/mol. The molecule has 2 aliphatic rings. The van der Waals surface area contributed by atoms with Crippen LogP contribution in [0.15, 0.2) is 18.2 Å². The van der Waals surface area contributed by atoms with E-state index in [1.807, 2.05) is 12.1 Å². The molecule has 3 atom stereocenters. The standard InChI is InChI=1S/C15H19NO2/c1-18-15(17)12-5-2-9-6-10-3-4-11(14(10)16)7-13(9)8-12/h2,5,8,10-11,14H,3-4,6-7,16H2,1H3/t10-,11+,14-/m1/s1. The van der Waals surface area contributed by atoms with Crippen LogP contribution < -0.4 is 5.73 Å². The lowest BCUT2D eigenvalue weighted by molar-refractivity contribution is 0.0600. The maximum atomic E-state index is 11.6. The summed E-state index contributed by atoms with van der Waals surface area (Å²) in [5, 5.41) is 0. The fourth-order valence-corrected chi connectivity index (χ4v) is 3.50. The number of fused-ring (bicyclic) bond motifs is 3. The van der Waals surface area contributed by atoms with Crippen LogP contribution in [0.3, 0.4) is 0 Å². The number of rotatable bonds is 1. The summed E-state index contributed by atoms with van der Waals surface area (Å²) in [7, 11) is 1.42. The molecule has 96 valence electrons. The number of hydrogen-bond donors (Lipinski definition) is 1. The maximum absolute atomic E-state index is 11.6. The summed E-state index contributed by atoms with van der Waals surface area (Å²) in [6.45, 7) is 0. The first-order valence-electron chi connectivity index (χ1n) is 6.64. The van der Waals surface area contributed by atoms with Crippen LogP contribution in [-0.4, -0.2) is 19.1 Å². The first-order valence-corrected chi connectivity index (χ1v) is 6.64. The first-order chi connectivity index (χ1) is 8.69. The van der Waals surface area contributed by atoms with Crippen molar-refractivity contribution in [2.45, 2.75) is 31.7 Å². The molecule has 0 amide bonds. The van der Waals surface area contributed by atoms with Crippen molar-refractivity contribution in [1.29, 1.82) is 0 Å². The van der Waals surface area contributed by atoms with Gasteiger partial charge in [0.2, 0.25) is 0 Å². The van der Waals surface area contributed by atoms with Crippen molar-refractivity contribution in [3.05, 3.63) is 34.9 Å². The fraction of sp³-hybridized carbons (Fsp3) is 0.533. The van der Waals surface area contributed by atoms with Crippen LogP contribution in [0.4, 0.5) is 0 Å². The summed E-state index contributed by atoms with van der Waals surface area (Å²) < 4.78 is 4.78. The molecule has 0 aliphatic heterocycles. The molecule has 3 heteroatoms. The first kappa shape index (κ1) is 11.7. The van der Waals surface area contributed by atoms with Crippen molar-refractivity contribution in [3.8, 4) is 0 Å². The number of carbonyl (C=O) groups excluding carboxylic acids is 1. The minimum absolute atomic E-state index is 0.253. The zero-order chi connectivity index (χ0) is 12.7. The Morgan fingerprint density at radius 1 is 1.22 bits per heavy atom. The van der Waals surface area contributed by atoms with Crippen molar-refractivity contribution in [2.75, 3.05) is 7.11 Å². The van der Waals surface area contributed by atoms with Gasteiger partial charge in [-0.15, -0.1) is 0 Å². The van der Waals surface area contributed by atoms with Crippen molar-refractivity contribution >= 4 is 5.97 Å². The van der Waals surface area contributed by atoms with E-state index >= 15 is 0 Å². The molecule has 1 saturated carbocycles. The normalized spacial score (nSPS) is 29.6. The van der Waals surface area contributed by atoms with E-state index in [2.05, 4.69) is 6.07 Å². The van der Waals surface area contributed by atoms with E-state index in [-0.39, 0.29) is 5.97 Å². The molecule has 2 aliphatic carbocycles. The largest absolute Gasteiger partial charge is 0.465 e. The minimum atomic E-state index is -0.253. The van der Waals surface area contributed by atoms with Gasteiger partial charge in [0.15, 0.2) is 0 Å². The van der Waals surface area contributed by atoms with Gasteiger partial charge in [-0.3, -0.25) is 0 Å². The average molecular weight is 245 g/mol. The molecule has 3 rings (SSSR count). The van der Waals surface area contributed by atoms with Crippen LogP contribution in [0.2, 0.25) is 0 Å². The second-order valence-corrected chi connectivity index (χ2v) is 5.56. The number of carbonyl (C=O) groups is 1. The summed E-state index contributed by atoms with van der Waals surface area (Å²) in [6.07, 6.45) is 4.56. The highest BCUT2D eigenvalue weighted by Gasteiger charge is 2.36. The lowest BCUT2D eigenvalue weighted by atomic mass is 9.92. The number of benzene rings is 1. The highest BCUT2D eigenvalue weighted by Crippen LogP contribution is 2.39. The van der Waals surface area contributed by atoms with E-state index in [1.165, 1.54) is 31.1 Å². The van der Waals surface area contributed by atoms with E-state index in [0.29, 0.717) is 23.4 Å². The zero-order valence-corrected chi connectivity index (χ0v) is 10.7. The number of esters is 1.